The molecule has 4 rings (SSSR count). The monoisotopic (exact) mass is 384 g/mol. The molecule has 0 N–H and O–H groups in total. The number of methoxy groups -OCH3 is 1. The second kappa shape index (κ2) is 8.12. The Balaban J connectivity index is 1.81. The highest BCUT2D eigenvalue weighted by Crippen LogP contribution is 2.28. The molecule has 6 nitrogen and oxygen atoms in total. The van der Waals surface area contributed by atoms with Gasteiger partial charge in [-0.05, 0) is 30.7 Å². The molecule has 2 heterocycles. The third-order valence-electron chi connectivity index (χ3n) is 4.44. The smallest absolute Gasteiger partial charge is 0.266 e. The van der Waals surface area contributed by atoms with Crippen molar-refractivity contribution < 1.29 is 14.2 Å². The minimum Gasteiger partial charge on any atom is -0.495 e. The maximum absolute atomic E-state index is 13.3. The van der Waals surface area contributed by atoms with E-state index in [0.29, 0.717) is 46.6 Å². The van der Waals surface area contributed by atoms with Gasteiger partial charge < -0.3 is 14.2 Å². The van der Waals surface area contributed by atoms with Gasteiger partial charge in [-0.25, -0.2) is 4.98 Å². The Morgan fingerprint density at radius 2 is 2.04 bits per heavy atom. The Kier molecular flexibility index (Phi) is 5.42. The van der Waals surface area contributed by atoms with Gasteiger partial charge in [0.1, 0.15) is 12.5 Å². The van der Waals surface area contributed by atoms with Crippen LogP contribution in [0, 0.1) is 0 Å². The van der Waals surface area contributed by atoms with E-state index in [-0.39, 0.29) is 11.7 Å². The highest BCUT2D eigenvalue weighted by Gasteiger charge is 2.19. The molecule has 0 radical (unpaired) electrons. The summed E-state index contributed by atoms with van der Waals surface area (Å²) >= 11 is 1.51. The SMILES string of the molecule is COc1ccccc1-n1c(SC[C@H]2CCOCO2)nc2ccccc2c1=O. The van der Waals surface area contributed by atoms with E-state index in [1.54, 1.807) is 17.7 Å². The lowest BCUT2D eigenvalue weighted by molar-refractivity contribution is -0.130. The first-order valence-corrected chi connectivity index (χ1v) is 9.74. The first-order chi connectivity index (χ1) is 13.3. The lowest BCUT2D eigenvalue weighted by Crippen LogP contribution is -2.27. The van der Waals surface area contributed by atoms with Gasteiger partial charge in [0.05, 0.1) is 36.4 Å². The van der Waals surface area contributed by atoms with Crippen molar-refractivity contribution >= 4 is 22.7 Å². The molecule has 0 unspecified atom stereocenters. The third-order valence-corrected chi connectivity index (χ3v) is 5.51. The second-order valence-electron chi connectivity index (χ2n) is 6.14. The zero-order valence-corrected chi connectivity index (χ0v) is 15.8. The van der Waals surface area contributed by atoms with Gasteiger partial charge in [-0.15, -0.1) is 0 Å². The number of benzene rings is 2. The number of ether oxygens (including phenoxy) is 3. The molecule has 1 aromatic heterocycles. The minimum atomic E-state index is -0.111. The summed E-state index contributed by atoms with van der Waals surface area (Å²) in [5.41, 5.74) is 1.25. The molecule has 1 fully saturated rings. The van der Waals surface area contributed by atoms with Crippen LogP contribution >= 0.6 is 11.8 Å². The molecule has 0 amide bonds. The van der Waals surface area contributed by atoms with Crippen LogP contribution in [0.2, 0.25) is 0 Å². The summed E-state index contributed by atoms with van der Waals surface area (Å²) < 4.78 is 18.0. The number of aromatic nitrogens is 2. The van der Waals surface area contributed by atoms with Crippen molar-refractivity contribution in [2.45, 2.75) is 17.7 Å². The van der Waals surface area contributed by atoms with Gasteiger partial charge in [-0.2, -0.15) is 0 Å². The van der Waals surface area contributed by atoms with E-state index in [1.807, 2.05) is 42.5 Å². The van der Waals surface area contributed by atoms with Crippen LogP contribution in [0.1, 0.15) is 6.42 Å². The summed E-state index contributed by atoms with van der Waals surface area (Å²) in [6.07, 6.45) is 0.915. The Morgan fingerprint density at radius 1 is 1.22 bits per heavy atom. The summed E-state index contributed by atoms with van der Waals surface area (Å²) in [7, 11) is 1.60. The van der Waals surface area contributed by atoms with Crippen molar-refractivity contribution in [2.24, 2.45) is 0 Å². The van der Waals surface area contributed by atoms with Crippen molar-refractivity contribution in [3.63, 3.8) is 0 Å². The number of hydrogen-bond acceptors (Lipinski definition) is 6. The van der Waals surface area contributed by atoms with Gasteiger partial charge >= 0.3 is 0 Å². The molecule has 0 aliphatic carbocycles. The molecule has 1 atom stereocenters. The standard InChI is InChI=1S/C20H20N2O4S/c1-24-18-9-5-4-8-17(18)22-19(23)15-6-2-3-7-16(15)21-20(22)27-12-14-10-11-25-13-26-14/h2-9,14H,10-13H2,1H3/t14-/m1/s1. The molecule has 140 valence electrons. The van der Waals surface area contributed by atoms with Gasteiger partial charge in [0.25, 0.3) is 5.56 Å². The van der Waals surface area contributed by atoms with Gasteiger partial charge in [0.2, 0.25) is 0 Å². The topological polar surface area (TPSA) is 62.6 Å². The summed E-state index contributed by atoms with van der Waals surface area (Å²) in [5.74, 6) is 1.32. The molecule has 1 aliphatic heterocycles. The minimum absolute atomic E-state index is 0.0817. The largest absolute Gasteiger partial charge is 0.495 e. The van der Waals surface area contributed by atoms with Crippen molar-refractivity contribution in [2.75, 3.05) is 26.3 Å². The summed E-state index contributed by atoms with van der Waals surface area (Å²) in [5, 5.41) is 1.20. The first kappa shape index (κ1) is 18.0. The zero-order chi connectivity index (χ0) is 18.6. The number of hydrogen-bond donors (Lipinski definition) is 0. The van der Waals surface area contributed by atoms with Gasteiger partial charge in [-0.1, -0.05) is 36.0 Å². The Labute approximate surface area is 161 Å². The fourth-order valence-corrected chi connectivity index (χ4v) is 4.11. The number of rotatable bonds is 5. The van der Waals surface area contributed by atoms with E-state index >= 15 is 0 Å². The predicted octanol–water partition coefficient (Wildman–Crippen LogP) is 3.25. The van der Waals surface area contributed by atoms with Crippen molar-refractivity contribution in [3.05, 3.63) is 58.9 Å². The van der Waals surface area contributed by atoms with Crippen molar-refractivity contribution in [1.29, 1.82) is 0 Å². The van der Waals surface area contributed by atoms with Crippen LogP contribution in [-0.4, -0.2) is 41.9 Å². The average Bonchev–Trinajstić information content (AvgIpc) is 2.73. The normalized spacial score (nSPS) is 17.1. The molecule has 0 bridgehead atoms. The number of thioether (sulfide) groups is 1. The van der Waals surface area contributed by atoms with E-state index < -0.39 is 0 Å². The summed E-state index contributed by atoms with van der Waals surface area (Å²) in [6, 6.07) is 14.9. The van der Waals surface area contributed by atoms with E-state index in [9.17, 15) is 4.79 Å². The van der Waals surface area contributed by atoms with E-state index in [0.717, 1.165) is 6.42 Å². The van der Waals surface area contributed by atoms with Crippen LogP contribution in [0.3, 0.4) is 0 Å². The predicted molar refractivity (Wildman–Crippen MR) is 105 cm³/mol. The van der Waals surface area contributed by atoms with Crippen molar-refractivity contribution in [1.82, 2.24) is 9.55 Å². The second-order valence-corrected chi connectivity index (χ2v) is 7.13. The Morgan fingerprint density at radius 3 is 2.85 bits per heavy atom. The van der Waals surface area contributed by atoms with Crippen LogP contribution in [0.15, 0.2) is 58.5 Å². The fraction of sp³-hybridized carbons (Fsp3) is 0.300. The molecule has 27 heavy (non-hydrogen) atoms. The fourth-order valence-electron chi connectivity index (χ4n) is 3.04. The molecule has 0 spiro atoms. The quantitative estimate of drug-likeness (QED) is 0.497. The molecule has 0 saturated carbocycles. The van der Waals surface area contributed by atoms with Gasteiger partial charge in [-0.3, -0.25) is 9.36 Å². The van der Waals surface area contributed by atoms with Crippen molar-refractivity contribution in [3.8, 4) is 11.4 Å². The Bertz CT molecular complexity index is 999. The maximum atomic E-state index is 13.3. The Hall–Kier alpha value is -2.35. The van der Waals surface area contributed by atoms with Gasteiger partial charge in [0.15, 0.2) is 5.16 Å². The molecular formula is C20H20N2O4S. The van der Waals surface area contributed by atoms with Crippen LogP contribution in [-0.2, 0) is 9.47 Å². The van der Waals surface area contributed by atoms with E-state index in [1.165, 1.54) is 11.8 Å². The average molecular weight is 384 g/mol. The number of nitrogens with zero attached hydrogens (tertiary/aromatic N) is 2. The maximum Gasteiger partial charge on any atom is 0.266 e. The molecule has 7 heteroatoms. The van der Waals surface area contributed by atoms with Gasteiger partial charge in [0, 0.05) is 5.75 Å². The van der Waals surface area contributed by atoms with Crippen LogP contribution < -0.4 is 10.3 Å². The molecule has 1 saturated heterocycles. The zero-order valence-electron chi connectivity index (χ0n) is 15.0. The van der Waals surface area contributed by atoms with E-state index in [4.69, 9.17) is 19.2 Å². The first-order valence-electron chi connectivity index (χ1n) is 8.75. The van der Waals surface area contributed by atoms with E-state index in [2.05, 4.69) is 0 Å². The molecule has 2 aromatic carbocycles. The van der Waals surface area contributed by atoms with Crippen LogP contribution in [0.5, 0.6) is 5.75 Å². The lowest BCUT2D eigenvalue weighted by atomic mass is 10.2. The highest BCUT2D eigenvalue weighted by atomic mass is 32.2. The van der Waals surface area contributed by atoms with Crippen LogP contribution in [0.25, 0.3) is 16.6 Å². The molecule has 3 aromatic rings. The number of fused-ring (bicyclic) bond motifs is 1. The number of para-hydroxylation sites is 3. The molecule has 1 aliphatic rings. The summed E-state index contributed by atoms with van der Waals surface area (Å²) in [4.78, 5) is 18.0. The van der Waals surface area contributed by atoms with Crippen LogP contribution in [0.4, 0.5) is 0 Å². The lowest BCUT2D eigenvalue weighted by Gasteiger charge is -2.23. The molecular weight excluding hydrogens is 364 g/mol. The highest BCUT2D eigenvalue weighted by molar-refractivity contribution is 7.99. The summed E-state index contributed by atoms with van der Waals surface area (Å²) in [6.45, 7) is 1.01. The third kappa shape index (κ3) is 3.71.